The molecule has 2 saturated carbocycles. The maximum atomic E-state index is 12.0. The number of aryl methyl sites for hydroxylation is 1. The van der Waals surface area contributed by atoms with E-state index in [9.17, 15) is 9.90 Å². The number of phenolic OH excluding ortho intramolecular Hbond substituents is 1. The van der Waals surface area contributed by atoms with Gasteiger partial charge in [-0.2, -0.15) is 0 Å². The quantitative estimate of drug-likeness (QED) is 0.567. The summed E-state index contributed by atoms with van der Waals surface area (Å²) in [4.78, 5) is 14.3. The van der Waals surface area contributed by atoms with Gasteiger partial charge in [0.15, 0.2) is 5.82 Å². The Labute approximate surface area is 201 Å². The fraction of sp³-hybridized carbons (Fsp3) is 0.464. The van der Waals surface area contributed by atoms with Crippen molar-refractivity contribution in [1.82, 2.24) is 14.8 Å². The van der Waals surface area contributed by atoms with Crippen LogP contribution >= 0.6 is 0 Å². The number of pyridine rings is 1. The second-order valence-electron chi connectivity index (χ2n) is 11.2. The van der Waals surface area contributed by atoms with Crippen LogP contribution in [0.2, 0.25) is 0 Å². The highest BCUT2D eigenvalue weighted by atomic mass is 16.3. The molecule has 2 aliphatic rings. The predicted molar refractivity (Wildman–Crippen MR) is 136 cm³/mol. The fourth-order valence-electron chi connectivity index (χ4n) is 6.48. The average Bonchev–Trinajstić information content (AvgIpc) is 2.79. The summed E-state index contributed by atoms with van der Waals surface area (Å²) < 4.78 is 1.52. The number of hydrogen-bond acceptors (Lipinski definition) is 5. The van der Waals surface area contributed by atoms with E-state index in [4.69, 9.17) is 0 Å². The molecule has 0 amide bonds. The zero-order valence-corrected chi connectivity index (χ0v) is 20.6. The van der Waals surface area contributed by atoms with Crippen molar-refractivity contribution in [3.8, 4) is 28.1 Å². The summed E-state index contributed by atoms with van der Waals surface area (Å²) in [6.07, 6.45) is 9.46. The maximum absolute atomic E-state index is 12.0. The summed E-state index contributed by atoms with van der Waals surface area (Å²) in [6, 6.07) is 13.2. The van der Waals surface area contributed by atoms with E-state index < -0.39 is 0 Å². The highest BCUT2D eigenvalue weighted by Gasteiger charge is 2.47. The SMILES string of the molecule is CN(c1ccc(-c2ccc(-c3ccn(C)c(=O)c3)cc2O)nn1)C1C[C@]2(C)CCC[C@](C)(C1)C2. The molecule has 1 aromatic carbocycles. The molecule has 0 saturated heterocycles. The van der Waals surface area contributed by atoms with Crippen LogP contribution in [0.25, 0.3) is 22.4 Å². The topological polar surface area (TPSA) is 71.2 Å². The molecule has 2 fully saturated rings. The van der Waals surface area contributed by atoms with Crippen LogP contribution in [0.4, 0.5) is 5.82 Å². The molecule has 2 aliphatic carbocycles. The smallest absolute Gasteiger partial charge is 0.250 e. The first-order valence-corrected chi connectivity index (χ1v) is 12.2. The summed E-state index contributed by atoms with van der Waals surface area (Å²) >= 11 is 0. The molecule has 178 valence electrons. The van der Waals surface area contributed by atoms with Crippen molar-refractivity contribution in [3.63, 3.8) is 0 Å². The van der Waals surface area contributed by atoms with Crippen molar-refractivity contribution in [1.29, 1.82) is 0 Å². The first-order chi connectivity index (χ1) is 16.1. The Morgan fingerprint density at radius 1 is 1.00 bits per heavy atom. The van der Waals surface area contributed by atoms with Crippen LogP contribution in [0, 0.1) is 10.8 Å². The Bertz CT molecular complexity index is 1250. The van der Waals surface area contributed by atoms with Crippen LogP contribution in [0.1, 0.15) is 52.4 Å². The lowest BCUT2D eigenvalue weighted by Crippen LogP contribution is -2.49. The third-order valence-corrected chi connectivity index (χ3v) is 8.14. The average molecular weight is 459 g/mol. The number of nitrogens with zero attached hydrogens (tertiary/aromatic N) is 4. The van der Waals surface area contributed by atoms with Gasteiger partial charge in [-0.1, -0.05) is 26.3 Å². The van der Waals surface area contributed by atoms with Crippen molar-refractivity contribution in [2.45, 2.75) is 58.4 Å². The molecular formula is C28H34N4O2. The van der Waals surface area contributed by atoms with Gasteiger partial charge in [-0.05, 0) is 84.4 Å². The Balaban J connectivity index is 1.36. The van der Waals surface area contributed by atoms with Gasteiger partial charge in [0.1, 0.15) is 5.75 Å². The monoisotopic (exact) mass is 458 g/mol. The molecule has 6 heteroatoms. The molecule has 0 aliphatic heterocycles. The number of aromatic hydroxyl groups is 1. The van der Waals surface area contributed by atoms with Crippen molar-refractivity contribution in [2.75, 3.05) is 11.9 Å². The Hall–Kier alpha value is -3.15. The highest BCUT2D eigenvalue weighted by molar-refractivity contribution is 5.74. The zero-order chi connectivity index (χ0) is 24.1. The second kappa shape index (κ2) is 8.26. The summed E-state index contributed by atoms with van der Waals surface area (Å²) in [6.45, 7) is 4.91. The Kier molecular flexibility index (Phi) is 5.50. The van der Waals surface area contributed by atoms with E-state index >= 15 is 0 Å². The Morgan fingerprint density at radius 2 is 1.71 bits per heavy atom. The fourth-order valence-corrected chi connectivity index (χ4v) is 6.48. The van der Waals surface area contributed by atoms with Crippen LogP contribution in [0.5, 0.6) is 5.75 Å². The summed E-state index contributed by atoms with van der Waals surface area (Å²) in [7, 11) is 3.85. The molecule has 2 bridgehead atoms. The van der Waals surface area contributed by atoms with Gasteiger partial charge in [-0.15, -0.1) is 10.2 Å². The van der Waals surface area contributed by atoms with E-state index in [1.165, 1.54) is 43.1 Å². The van der Waals surface area contributed by atoms with Crippen LogP contribution in [0.3, 0.4) is 0 Å². The van der Waals surface area contributed by atoms with Crippen LogP contribution in [-0.4, -0.2) is 33.0 Å². The third kappa shape index (κ3) is 4.22. The summed E-state index contributed by atoms with van der Waals surface area (Å²) in [5.41, 5.74) is 3.57. The molecule has 34 heavy (non-hydrogen) atoms. The van der Waals surface area contributed by atoms with Crippen molar-refractivity contribution in [3.05, 3.63) is 59.0 Å². The number of anilines is 1. The highest BCUT2D eigenvalue weighted by Crippen LogP contribution is 2.56. The molecule has 2 aromatic heterocycles. The van der Waals surface area contributed by atoms with E-state index in [-0.39, 0.29) is 11.3 Å². The van der Waals surface area contributed by atoms with Crippen molar-refractivity contribution < 1.29 is 5.11 Å². The third-order valence-electron chi connectivity index (χ3n) is 8.14. The Morgan fingerprint density at radius 3 is 2.32 bits per heavy atom. The number of rotatable bonds is 4. The van der Waals surface area contributed by atoms with Gasteiger partial charge in [0, 0.05) is 38.0 Å². The lowest BCUT2D eigenvalue weighted by molar-refractivity contribution is 0.0141. The predicted octanol–water partition coefficient (Wildman–Crippen LogP) is 5.40. The minimum Gasteiger partial charge on any atom is -0.507 e. The van der Waals surface area contributed by atoms with Gasteiger partial charge in [0.05, 0.1) is 5.69 Å². The largest absolute Gasteiger partial charge is 0.507 e. The summed E-state index contributed by atoms with van der Waals surface area (Å²) in [5, 5.41) is 19.7. The van der Waals surface area contributed by atoms with Crippen LogP contribution < -0.4 is 10.5 Å². The number of fused-ring (bicyclic) bond motifs is 2. The van der Waals surface area contributed by atoms with Gasteiger partial charge in [-0.25, -0.2) is 0 Å². The number of hydrogen-bond donors (Lipinski definition) is 1. The molecule has 1 unspecified atom stereocenters. The molecule has 0 spiro atoms. The normalized spacial score (nSPS) is 26.3. The molecule has 0 radical (unpaired) electrons. The minimum atomic E-state index is -0.0868. The van der Waals surface area contributed by atoms with E-state index in [1.807, 2.05) is 30.3 Å². The number of benzene rings is 1. The maximum Gasteiger partial charge on any atom is 0.250 e. The molecule has 5 rings (SSSR count). The van der Waals surface area contributed by atoms with E-state index in [0.717, 1.165) is 16.9 Å². The van der Waals surface area contributed by atoms with Crippen LogP contribution in [0.15, 0.2) is 53.5 Å². The van der Waals surface area contributed by atoms with Gasteiger partial charge in [0.2, 0.25) is 0 Å². The molecule has 2 heterocycles. The second-order valence-corrected chi connectivity index (χ2v) is 11.2. The lowest BCUT2D eigenvalue weighted by Gasteiger charge is -2.54. The zero-order valence-electron chi connectivity index (χ0n) is 20.6. The number of phenols is 1. The molecule has 6 nitrogen and oxygen atoms in total. The molecule has 3 atom stereocenters. The van der Waals surface area contributed by atoms with E-state index in [2.05, 4.69) is 36.0 Å². The van der Waals surface area contributed by atoms with Crippen LogP contribution in [-0.2, 0) is 7.05 Å². The van der Waals surface area contributed by atoms with Crippen molar-refractivity contribution >= 4 is 5.82 Å². The van der Waals surface area contributed by atoms with Gasteiger partial charge >= 0.3 is 0 Å². The van der Waals surface area contributed by atoms with Gasteiger partial charge in [-0.3, -0.25) is 4.79 Å². The molecular weight excluding hydrogens is 424 g/mol. The standard InChI is InChI=1S/C28H34N4O2/c1-27-11-5-12-28(2,18-27)17-21(16-27)32(4)25-9-8-23(29-30-25)22-7-6-19(14-24(22)33)20-10-13-31(3)26(34)15-20/h6-10,13-15,21,33H,5,11-12,16-18H2,1-4H3/t21?,27-,28+. The van der Waals surface area contributed by atoms with E-state index in [1.54, 1.807) is 25.4 Å². The first kappa shape index (κ1) is 22.6. The van der Waals surface area contributed by atoms with E-state index in [0.29, 0.717) is 28.1 Å². The van der Waals surface area contributed by atoms with Gasteiger partial charge < -0.3 is 14.6 Å². The van der Waals surface area contributed by atoms with Gasteiger partial charge in [0.25, 0.3) is 5.56 Å². The summed E-state index contributed by atoms with van der Waals surface area (Å²) in [5.74, 6) is 0.992. The molecule has 3 aromatic rings. The lowest BCUT2D eigenvalue weighted by atomic mass is 9.55. The molecule has 1 N–H and O–H groups in total. The minimum absolute atomic E-state index is 0.0868. The number of aromatic nitrogens is 3. The first-order valence-electron chi connectivity index (χ1n) is 12.2. The van der Waals surface area contributed by atoms with Crippen molar-refractivity contribution in [2.24, 2.45) is 17.9 Å².